The molecule has 0 rings (SSSR count). The summed E-state index contributed by atoms with van der Waals surface area (Å²) >= 11 is 1.42. The zero-order chi connectivity index (χ0) is 8.15. The van der Waals surface area contributed by atoms with E-state index < -0.39 is 0 Å². The van der Waals surface area contributed by atoms with Crippen LogP contribution in [0.1, 0.15) is 14.4 Å². The van der Waals surface area contributed by atoms with Gasteiger partial charge in [0.2, 0.25) is 0 Å². The van der Waals surface area contributed by atoms with E-state index in [1.807, 2.05) is 25.9 Å². The van der Waals surface area contributed by atoms with E-state index in [9.17, 15) is 0 Å². The Morgan fingerprint density at radius 2 is 2.00 bits per heavy atom. The van der Waals surface area contributed by atoms with Crippen molar-refractivity contribution in [1.29, 1.82) is 0 Å². The van der Waals surface area contributed by atoms with Gasteiger partial charge < -0.3 is 0 Å². The molecule has 3 heteroatoms. The second-order valence-corrected chi connectivity index (χ2v) is 4.25. The third-order valence-corrected chi connectivity index (χ3v) is 1.59. The summed E-state index contributed by atoms with van der Waals surface area (Å²) in [5.41, 5.74) is 0. The molecular weight excluding hydrogens is 308 g/mol. The SMILES string of the molecule is C.[CH-]=CN=C([C](C)=[W])N(C)C. The fourth-order valence-corrected chi connectivity index (χ4v) is 1.44. The van der Waals surface area contributed by atoms with E-state index in [1.54, 1.807) is 0 Å². The number of rotatable bonds is 2. The maximum atomic E-state index is 5.16. The van der Waals surface area contributed by atoms with Gasteiger partial charge in [-0.05, 0) is 0 Å². The molecule has 0 heterocycles. The average Bonchev–Trinajstić information content (AvgIpc) is 1.81. The first-order valence-corrected chi connectivity index (χ1v) is 4.35. The molecular formula is C8H15N2W-. The molecule has 0 radical (unpaired) electrons. The van der Waals surface area contributed by atoms with E-state index >= 15 is 0 Å². The first-order valence-electron chi connectivity index (χ1n) is 2.89. The Morgan fingerprint density at radius 3 is 2.09 bits per heavy atom. The topological polar surface area (TPSA) is 15.6 Å². The second-order valence-electron chi connectivity index (χ2n) is 2.05. The zero-order valence-electron chi connectivity index (χ0n) is 6.46. The van der Waals surface area contributed by atoms with Crippen LogP contribution < -0.4 is 0 Å². The van der Waals surface area contributed by atoms with Gasteiger partial charge in [-0.2, -0.15) is 0 Å². The van der Waals surface area contributed by atoms with Gasteiger partial charge >= 0.3 is 72.8 Å². The van der Waals surface area contributed by atoms with E-state index in [0.29, 0.717) is 0 Å². The van der Waals surface area contributed by atoms with Crippen LogP contribution in [0.15, 0.2) is 11.2 Å². The average molecular weight is 323 g/mol. The molecule has 11 heavy (non-hydrogen) atoms. The molecule has 0 amide bonds. The van der Waals surface area contributed by atoms with Crippen molar-refractivity contribution in [2.24, 2.45) is 4.99 Å². The van der Waals surface area contributed by atoms with Gasteiger partial charge in [-0.25, -0.2) is 0 Å². The van der Waals surface area contributed by atoms with Crippen molar-refractivity contribution < 1.29 is 19.4 Å². The molecule has 0 saturated carbocycles. The molecule has 2 nitrogen and oxygen atoms in total. The summed E-state index contributed by atoms with van der Waals surface area (Å²) in [4.78, 5) is 5.95. The van der Waals surface area contributed by atoms with Crippen LogP contribution in [0.2, 0.25) is 0 Å². The zero-order valence-corrected chi connectivity index (χ0v) is 9.39. The van der Waals surface area contributed by atoms with Gasteiger partial charge in [-0.15, -0.1) is 0 Å². The van der Waals surface area contributed by atoms with Crippen molar-refractivity contribution in [3.8, 4) is 0 Å². The van der Waals surface area contributed by atoms with Crippen LogP contribution >= 0.6 is 0 Å². The molecule has 0 aliphatic heterocycles. The van der Waals surface area contributed by atoms with E-state index in [-0.39, 0.29) is 7.43 Å². The number of nitrogens with zero attached hydrogens (tertiary/aromatic N) is 2. The van der Waals surface area contributed by atoms with Gasteiger partial charge in [0.15, 0.2) is 0 Å². The van der Waals surface area contributed by atoms with Crippen molar-refractivity contribution in [2.75, 3.05) is 14.1 Å². The van der Waals surface area contributed by atoms with Gasteiger partial charge in [0.25, 0.3) is 0 Å². The van der Waals surface area contributed by atoms with Crippen molar-refractivity contribution in [3.05, 3.63) is 12.8 Å². The molecule has 0 unspecified atom stereocenters. The molecule has 0 saturated heterocycles. The molecule has 0 bridgehead atoms. The Hall–Kier alpha value is -0.232. The molecule has 0 aromatic carbocycles. The van der Waals surface area contributed by atoms with Crippen LogP contribution in [0, 0.1) is 6.58 Å². The summed E-state index contributed by atoms with van der Waals surface area (Å²) in [6.07, 6.45) is 1.32. The monoisotopic (exact) mass is 323 g/mol. The normalized spacial score (nSPS) is 9.91. The summed E-state index contributed by atoms with van der Waals surface area (Å²) < 4.78 is 1.24. The Balaban J connectivity index is 0. The number of aliphatic imine (C=N–C) groups is 1. The van der Waals surface area contributed by atoms with Gasteiger partial charge in [-0.3, -0.25) is 0 Å². The van der Waals surface area contributed by atoms with E-state index in [4.69, 9.17) is 6.58 Å². The van der Waals surface area contributed by atoms with Gasteiger partial charge in [-0.1, -0.05) is 7.43 Å². The molecule has 0 N–H and O–H groups in total. The molecule has 0 atom stereocenters. The number of hydrogen-bond acceptors (Lipinski definition) is 1. The van der Waals surface area contributed by atoms with Crippen molar-refractivity contribution in [3.63, 3.8) is 0 Å². The molecule has 0 aromatic heterocycles. The van der Waals surface area contributed by atoms with Gasteiger partial charge in [0.1, 0.15) is 0 Å². The molecule has 0 spiro atoms. The van der Waals surface area contributed by atoms with E-state index in [2.05, 4.69) is 4.99 Å². The predicted octanol–water partition coefficient (Wildman–Crippen LogP) is 1.27. The Bertz CT molecular complexity index is 171. The fourth-order valence-electron chi connectivity index (χ4n) is 0.592. The molecule has 64 valence electrons. The van der Waals surface area contributed by atoms with E-state index in [0.717, 1.165) is 5.84 Å². The van der Waals surface area contributed by atoms with Gasteiger partial charge in [0.05, 0.1) is 0 Å². The number of amidine groups is 1. The molecule has 0 aromatic rings. The third-order valence-electron chi connectivity index (χ3n) is 0.935. The van der Waals surface area contributed by atoms with Gasteiger partial charge in [0, 0.05) is 0 Å². The Morgan fingerprint density at radius 1 is 1.55 bits per heavy atom. The predicted molar refractivity (Wildman–Crippen MR) is 47.4 cm³/mol. The fraction of sp³-hybridized carbons (Fsp3) is 0.500. The summed E-state index contributed by atoms with van der Waals surface area (Å²) in [5.74, 6) is 0.956. The third kappa shape index (κ3) is 5.08. The minimum atomic E-state index is 0. The summed E-state index contributed by atoms with van der Waals surface area (Å²) in [7, 11) is 3.91. The molecule has 0 aliphatic carbocycles. The van der Waals surface area contributed by atoms with Crippen LogP contribution in [-0.4, -0.2) is 28.7 Å². The second kappa shape index (κ2) is 6.48. The summed E-state index contributed by atoms with van der Waals surface area (Å²) in [6, 6.07) is 0. The van der Waals surface area contributed by atoms with Crippen molar-refractivity contribution in [1.82, 2.24) is 4.90 Å². The summed E-state index contributed by atoms with van der Waals surface area (Å²) in [6.45, 7) is 7.20. The summed E-state index contributed by atoms with van der Waals surface area (Å²) in [5, 5.41) is 0. The van der Waals surface area contributed by atoms with Crippen LogP contribution in [-0.2, 0) is 19.4 Å². The van der Waals surface area contributed by atoms with Crippen LogP contribution in [0.4, 0.5) is 0 Å². The van der Waals surface area contributed by atoms with E-state index in [1.165, 1.54) is 29.5 Å². The molecule has 0 aliphatic rings. The Kier molecular flexibility index (Phi) is 7.87. The van der Waals surface area contributed by atoms with Crippen LogP contribution in [0.5, 0.6) is 0 Å². The number of hydrogen-bond donors (Lipinski definition) is 0. The quantitative estimate of drug-likeness (QED) is 0.425. The maximum absolute atomic E-state index is 5.16. The molecule has 0 fully saturated rings. The van der Waals surface area contributed by atoms with Crippen molar-refractivity contribution >= 4 is 9.73 Å². The minimum absolute atomic E-state index is 0. The first-order chi connectivity index (χ1) is 4.59. The van der Waals surface area contributed by atoms with Crippen LogP contribution in [0.3, 0.4) is 0 Å². The standard InChI is InChI=1S/C7H11N2.CH4.W/c1-5-7(8-6-2)9(3)4;;/h2,6H,1,3-4H3;1H4;/q-1;;. The van der Waals surface area contributed by atoms with Crippen LogP contribution in [0.25, 0.3) is 0 Å². The Labute approximate surface area is 80.4 Å². The first kappa shape index (κ1) is 13.4. The van der Waals surface area contributed by atoms with Crippen molar-refractivity contribution in [2.45, 2.75) is 14.4 Å².